The van der Waals surface area contributed by atoms with Gasteiger partial charge >= 0.3 is 0 Å². The van der Waals surface area contributed by atoms with Crippen molar-refractivity contribution in [3.05, 3.63) is 161 Å². The molecule has 0 spiro atoms. The summed E-state index contributed by atoms with van der Waals surface area (Å²) < 4.78 is 5.35. The van der Waals surface area contributed by atoms with Crippen molar-refractivity contribution in [3.8, 4) is 40.1 Å². The normalized spacial score (nSPS) is 10.4. The van der Waals surface area contributed by atoms with E-state index in [4.69, 9.17) is 4.42 Å². The molecule has 7 rings (SSSR count). The van der Waals surface area contributed by atoms with Crippen molar-refractivity contribution in [3.63, 3.8) is 0 Å². The molecule has 11 heteroatoms. The Morgan fingerprint density at radius 3 is 1.30 bits per heavy atom. The number of fused-ring (bicyclic) bond motifs is 1. The fraction of sp³-hybridized carbons (Fsp3) is 0.103. The average Bonchev–Trinajstić information content (AvgIpc) is 3.14. The van der Waals surface area contributed by atoms with Gasteiger partial charge < -0.3 is 29.9 Å². The van der Waals surface area contributed by atoms with Crippen molar-refractivity contribution in [2.45, 2.75) is 25.7 Å². The van der Waals surface area contributed by atoms with E-state index in [2.05, 4.69) is 68.5 Å². The van der Waals surface area contributed by atoms with Gasteiger partial charge in [-0.25, -0.2) is 0 Å². The number of benzene rings is 2. The maximum atomic E-state index is 12.1. The third kappa shape index (κ3) is 9.41. The topological polar surface area (TPSA) is 183 Å². The van der Waals surface area contributed by atoms with Gasteiger partial charge in [-0.2, -0.15) is 0 Å². The van der Waals surface area contributed by atoms with Gasteiger partial charge in [-0.05, 0) is 115 Å². The summed E-state index contributed by atoms with van der Waals surface area (Å²) in [6, 6.07) is 22.1. The Hall–Kier alpha value is -6.75. The van der Waals surface area contributed by atoms with E-state index in [0.717, 1.165) is 49.9 Å². The van der Waals surface area contributed by atoms with Gasteiger partial charge in [-0.15, -0.1) is 0 Å². The van der Waals surface area contributed by atoms with Gasteiger partial charge in [-0.3, -0.25) is 24.7 Å². The number of pyridine rings is 4. The third-order valence-corrected chi connectivity index (χ3v) is 7.58. The average molecular weight is 671 g/mol. The molecule has 0 aliphatic rings. The maximum Gasteiger partial charge on any atom is 0.238 e. The molecule has 0 aliphatic heterocycles. The number of hydrogen-bond acceptors (Lipinski definition) is 11. The summed E-state index contributed by atoms with van der Waals surface area (Å²) >= 11 is 0. The smallest absolute Gasteiger partial charge is 0.238 e. The van der Waals surface area contributed by atoms with Crippen molar-refractivity contribution >= 4 is 11.0 Å². The Kier molecular flexibility index (Phi) is 11.7. The molecule has 5 heterocycles. The lowest BCUT2D eigenvalue weighted by molar-refractivity contribution is 0.403. The van der Waals surface area contributed by atoms with E-state index in [1.807, 2.05) is 49.6 Å². The highest BCUT2D eigenvalue weighted by atomic mass is 16.4. The van der Waals surface area contributed by atoms with Crippen molar-refractivity contribution in [1.82, 2.24) is 19.9 Å². The molecule has 0 atom stereocenters. The summed E-state index contributed by atoms with van der Waals surface area (Å²) in [6.45, 7) is 0. The van der Waals surface area contributed by atoms with Crippen LogP contribution in [0.15, 0.2) is 138 Å². The zero-order valence-electron chi connectivity index (χ0n) is 26.8. The van der Waals surface area contributed by atoms with Crippen LogP contribution in [0.4, 0.5) is 0 Å². The van der Waals surface area contributed by atoms with E-state index >= 15 is 0 Å². The molecule has 0 amide bonds. The zero-order chi connectivity index (χ0) is 35.3. The number of hydrogen-bond donors (Lipinski definition) is 5. The van der Waals surface area contributed by atoms with Gasteiger partial charge in [0, 0.05) is 67.3 Å². The van der Waals surface area contributed by atoms with E-state index in [9.17, 15) is 30.3 Å². The molecule has 5 aromatic heterocycles. The number of aryl methyl sites for hydroxylation is 4. The first-order valence-electron chi connectivity index (χ1n) is 15.6. The summed E-state index contributed by atoms with van der Waals surface area (Å²) in [4.78, 5) is 28.1. The summed E-state index contributed by atoms with van der Waals surface area (Å²) in [5.74, 6) is -2.71. The Morgan fingerprint density at radius 1 is 0.480 bits per heavy atom. The fourth-order valence-electron chi connectivity index (χ4n) is 4.91. The van der Waals surface area contributed by atoms with Crippen LogP contribution in [0.1, 0.15) is 22.3 Å². The van der Waals surface area contributed by atoms with Crippen LogP contribution in [-0.4, -0.2) is 45.5 Å². The monoisotopic (exact) mass is 670 g/mol. The molecular weight excluding hydrogens is 636 g/mol. The lowest BCUT2D eigenvalue weighted by Crippen LogP contribution is -2.02. The van der Waals surface area contributed by atoms with E-state index in [1.54, 1.807) is 0 Å². The molecule has 2 aromatic carbocycles. The van der Waals surface area contributed by atoms with Gasteiger partial charge in [0.25, 0.3) is 0 Å². The van der Waals surface area contributed by atoms with Gasteiger partial charge in [0.1, 0.15) is 22.5 Å². The van der Waals surface area contributed by atoms with Crippen molar-refractivity contribution in [2.24, 2.45) is 0 Å². The van der Waals surface area contributed by atoms with Crippen LogP contribution < -0.4 is 5.43 Å². The Balaban J connectivity index is 0.000000152. The van der Waals surface area contributed by atoms with E-state index < -0.39 is 22.7 Å². The first-order valence-corrected chi connectivity index (χ1v) is 15.6. The molecule has 0 unspecified atom stereocenters. The highest BCUT2D eigenvalue weighted by molar-refractivity contribution is 5.88. The van der Waals surface area contributed by atoms with Crippen LogP contribution in [0.5, 0.6) is 28.7 Å². The first-order chi connectivity index (χ1) is 24.3. The minimum atomic E-state index is -0.888. The van der Waals surface area contributed by atoms with Gasteiger partial charge in [0.05, 0.1) is 0 Å². The number of aromatic hydroxyl groups is 5. The van der Waals surface area contributed by atoms with Crippen molar-refractivity contribution in [1.29, 1.82) is 0 Å². The second-order valence-electron chi connectivity index (χ2n) is 11.1. The molecule has 7 aromatic rings. The zero-order valence-corrected chi connectivity index (χ0v) is 26.8. The lowest BCUT2D eigenvalue weighted by atomic mass is 10.1. The van der Waals surface area contributed by atoms with Crippen LogP contribution in [-0.2, 0) is 25.7 Å². The number of aromatic nitrogens is 4. The van der Waals surface area contributed by atoms with Crippen LogP contribution in [0.2, 0.25) is 0 Å². The summed E-state index contributed by atoms with van der Waals surface area (Å²) in [7, 11) is 0. The molecular formula is C39H34N4O7. The molecule has 0 saturated carbocycles. The number of phenols is 4. The predicted molar refractivity (Wildman–Crippen MR) is 188 cm³/mol. The Morgan fingerprint density at radius 2 is 0.900 bits per heavy atom. The number of phenolic OH excluding ortho intramolecular Hbond substituents is 4. The number of rotatable bonds is 7. The van der Waals surface area contributed by atoms with Gasteiger partial charge in [-0.1, -0.05) is 0 Å². The summed E-state index contributed by atoms with van der Waals surface area (Å²) in [5.41, 5.74) is 4.43. The van der Waals surface area contributed by atoms with Crippen molar-refractivity contribution in [2.75, 3.05) is 0 Å². The molecule has 0 saturated heterocycles. The molecule has 0 aliphatic carbocycles. The van der Waals surface area contributed by atoms with Gasteiger partial charge in [0.15, 0.2) is 17.3 Å². The first kappa shape index (κ1) is 34.6. The highest BCUT2D eigenvalue weighted by Crippen LogP contribution is 2.37. The van der Waals surface area contributed by atoms with E-state index in [0.29, 0.717) is 0 Å². The molecule has 0 radical (unpaired) electrons. The molecule has 0 bridgehead atoms. The van der Waals surface area contributed by atoms with E-state index in [-0.39, 0.29) is 33.8 Å². The quantitative estimate of drug-likeness (QED) is 0.117. The van der Waals surface area contributed by atoms with Crippen LogP contribution in [0.3, 0.4) is 0 Å². The van der Waals surface area contributed by atoms with Gasteiger partial charge in [0.2, 0.25) is 11.2 Å². The third-order valence-electron chi connectivity index (χ3n) is 7.58. The minimum Gasteiger partial charge on any atom is -0.508 e. The highest BCUT2D eigenvalue weighted by Gasteiger charge is 2.19. The molecule has 11 nitrogen and oxygen atoms in total. The Bertz CT molecular complexity index is 2030. The van der Waals surface area contributed by atoms with Crippen molar-refractivity contribution < 1.29 is 29.9 Å². The summed E-state index contributed by atoms with van der Waals surface area (Å²) in [5, 5.41) is 47.6. The maximum absolute atomic E-state index is 12.1. The van der Waals surface area contributed by atoms with Crippen LogP contribution >= 0.6 is 0 Å². The second-order valence-corrected chi connectivity index (χ2v) is 11.1. The van der Waals surface area contributed by atoms with E-state index in [1.165, 1.54) is 28.3 Å². The summed E-state index contributed by atoms with van der Waals surface area (Å²) in [6.07, 6.45) is 18.9. The SMILES string of the molecule is O=c1c(O)c(-c2ccc(O)c(O)c2)oc2cc(O)cc(O)c12.c1cc(CCc2ccncc2)ccn1.c1cc(CCc2ccncc2)ccn1. The van der Waals surface area contributed by atoms with Crippen LogP contribution in [0, 0.1) is 0 Å². The number of nitrogens with zero attached hydrogens (tertiary/aromatic N) is 4. The Labute approximate surface area is 287 Å². The molecule has 0 fully saturated rings. The largest absolute Gasteiger partial charge is 0.508 e. The molecule has 5 N–H and O–H groups in total. The molecule has 252 valence electrons. The lowest BCUT2D eigenvalue weighted by Gasteiger charge is -2.08. The minimum absolute atomic E-state index is 0.134. The fourth-order valence-corrected chi connectivity index (χ4v) is 4.91. The second kappa shape index (κ2) is 16.9. The molecule has 50 heavy (non-hydrogen) atoms. The predicted octanol–water partition coefficient (Wildman–Crippen LogP) is 6.51. The van der Waals surface area contributed by atoms with Crippen LogP contribution in [0.25, 0.3) is 22.3 Å². The standard InChI is InChI=1S/C15H10O7.2C12H12N2/c16-7-4-10(19)12-11(5-7)22-15(14(21)13(12)20)6-1-2-8(17)9(18)3-6;2*1(11-3-7-13-8-4-11)2-12-5-9-14-10-6-12/h1-5,16-19,21H;2*3-10H,1-2H2.